The number of carbonyl (C=O) groups excluding carboxylic acids is 2. The molecule has 26 heavy (non-hydrogen) atoms. The first-order valence-electron chi connectivity index (χ1n) is 9.10. The van der Waals surface area contributed by atoms with Crippen LogP contribution in [0.1, 0.15) is 44.0 Å². The van der Waals surface area contributed by atoms with Gasteiger partial charge < -0.3 is 14.6 Å². The Balaban J connectivity index is 2.27. The molecule has 0 aliphatic heterocycles. The van der Waals surface area contributed by atoms with E-state index < -0.39 is 12.0 Å². The Morgan fingerprint density at radius 2 is 1.96 bits per heavy atom. The second-order valence-corrected chi connectivity index (χ2v) is 6.60. The highest BCUT2D eigenvalue weighted by molar-refractivity contribution is 6.08. The summed E-state index contributed by atoms with van der Waals surface area (Å²) in [5.74, 6) is -0.823. The number of rotatable bonds is 9. The summed E-state index contributed by atoms with van der Waals surface area (Å²) < 4.78 is 19.4. The van der Waals surface area contributed by atoms with Gasteiger partial charge >= 0.3 is 5.97 Å². The summed E-state index contributed by atoms with van der Waals surface area (Å²) in [7, 11) is 0. The first-order valence-corrected chi connectivity index (χ1v) is 9.10. The molecule has 2 aromatic rings. The molecule has 0 radical (unpaired) electrons. The van der Waals surface area contributed by atoms with Gasteiger partial charge in [0.05, 0.1) is 18.8 Å². The van der Waals surface area contributed by atoms with E-state index in [0.29, 0.717) is 24.9 Å². The molecule has 0 bridgehead atoms. The first-order chi connectivity index (χ1) is 12.5. The van der Waals surface area contributed by atoms with Crippen molar-refractivity contribution in [3.8, 4) is 0 Å². The average Bonchev–Trinajstić information content (AvgIpc) is 2.99. The number of alkyl halides is 1. The van der Waals surface area contributed by atoms with Crippen molar-refractivity contribution in [3.63, 3.8) is 0 Å². The molecule has 1 heterocycles. The number of esters is 1. The molecule has 0 fully saturated rings. The van der Waals surface area contributed by atoms with Crippen LogP contribution in [0.25, 0.3) is 10.9 Å². The average molecular weight is 362 g/mol. The SMILES string of the molecule is CCOC(=O)[C@@H](NC(=O)c1cn(CCCCF)c2ccccc12)C(C)C. The van der Waals surface area contributed by atoms with E-state index in [1.54, 1.807) is 13.1 Å². The van der Waals surface area contributed by atoms with Gasteiger partial charge in [0, 0.05) is 23.6 Å². The fourth-order valence-corrected chi connectivity index (χ4v) is 2.94. The molecule has 0 unspecified atom stereocenters. The van der Waals surface area contributed by atoms with Crippen LogP contribution in [-0.4, -0.2) is 35.8 Å². The zero-order valence-electron chi connectivity index (χ0n) is 15.6. The molecule has 142 valence electrons. The minimum absolute atomic E-state index is 0.0871. The van der Waals surface area contributed by atoms with Crippen molar-refractivity contribution in [2.75, 3.05) is 13.3 Å². The van der Waals surface area contributed by atoms with Gasteiger partial charge in [0.25, 0.3) is 5.91 Å². The maximum atomic E-state index is 12.8. The van der Waals surface area contributed by atoms with Gasteiger partial charge in [-0.05, 0) is 31.7 Å². The summed E-state index contributed by atoms with van der Waals surface area (Å²) in [4.78, 5) is 25.0. The third-order valence-corrected chi connectivity index (χ3v) is 4.31. The van der Waals surface area contributed by atoms with E-state index >= 15 is 0 Å². The molecule has 0 saturated carbocycles. The molecular formula is C20H27FN2O3. The van der Waals surface area contributed by atoms with E-state index in [2.05, 4.69) is 5.32 Å². The molecule has 5 nitrogen and oxygen atoms in total. The predicted octanol–water partition coefficient (Wildman–Crippen LogP) is 3.71. The molecule has 2 rings (SSSR count). The Kier molecular flexibility index (Phi) is 7.18. The van der Waals surface area contributed by atoms with Crippen LogP contribution in [0.15, 0.2) is 30.5 Å². The first kappa shape index (κ1) is 19.9. The Bertz CT molecular complexity index is 755. The Labute approximate surface area is 153 Å². The van der Waals surface area contributed by atoms with Crippen molar-refractivity contribution in [1.82, 2.24) is 9.88 Å². The largest absolute Gasteiger partial charge is 0.464 e. The Morgan fingerprint density at radius 3 is 2.62 bits per heavy atom. The summed E-state index contributed by atoms with van der Waals surface area (Å²) in [5, 5.41) is 3.62. The van der Waals surface area contributed by atoms with Crippen molar-refractivity contribution in [2.45, 2.75) is 46.2 Å². The summed E-state index contributed by atoms with van der Waals surface area (Å²) in [6.07, 6.45) is 2.97. The predicted molar refractivity (Wildman–Crippen MR) is 99.9 cm³/mol. The van der Waals surface area contributed by atoms with E-state index in [1.165, 1.54) is 0 Å². The third kappa shape index (κ3) is 4.62. The van der Waals surface area contributed by atoms with E-state index in [0.717, 1.165) is 10.9 Å². The number of nitrogens with one attached hydrogen (secondary N) is 1. The molecular weight excluding hydrogens is 335 g/mol. The molecule has 0 spiro atoms. The van der Waals surface area contributed by atoms with E-state index in [9.17, 15) is 14.0 Å². The lowest BCUT2D eigenvalue weighted by Crippen LogP contribution is -2.45. The molecule has 0 aliphatic rings. The van der Waals surface area contributed by atoms with Crippen LogP contribution in [-0.2, 0) is 16.1 Å². The molecule has 1 atom stereocenters. The number of ether oxygens (including phenoxy) is 1. The molecule has 0 saturated heterocycles. The van der Waals surface area contributed by atoms with Crippen LogP contribution in [0.5, 0.6) is 0 Å². The number of unbranched alkanes of at least 4 members (excludes halogenated alkanes) is 1. The number of para-hydroxylation sites is 1. The van der Waals surface area contributed by atoms with Gasteiger partial charge in [0.2, 0.25) is 0 Å². The number of hydrogen-bond acceptors (Lipinski definition) is 3. The van der Waals surface area contributed by atoms with Crippen LogP contribution in [0.3, 0.4) is 0 Å². The number of nitrogens with zero attached hydrogens (tertiary/aromatic N) is 1. The summed E-state index contributed by atoms with van der Waals surface area (Å²) in [5.41, 5.74) is 1.43. The lowest BCUT2D eigenvalue weighted by molar-refractivity contribution is -0.146. The molecule has 1 N–H and O–H groups in total. The van der Waals surface area contributed by atoms with Crippen molar-refractivity contribution in [2.24, 2.45) is 5.92 Å². The van der Waals surface area contributed by atoms with Crippen molar-refractivity contribution in [3.05, 3.63) is 36.0 Å². The van der Waals surface area contributed by atoms with Gasteiger partial charge in [0.15, 0.2) is 0 Å². The normalized spacial score (nSPS) is 12.3. The zero-order chi connectivity index (χ0) is 19.1. The number of fused-ring (bicyclic) bond motifs is 1. The van der Waals surface area contributed by atoms with E-state index in [-0.39, 0.29) is 25.1 Å². The number of carbonyl (C=O) groups is 2. The van der Waals surface area contributed by atoms with Gasteiger partial charge in [-0.1, -0.05) is 32.0 Å². The Hall–Kier alpha value is -2.37. The van der Waals surface area contributed by atoms with Gasteiger partial charge in [-0.3, -0.25) is 9.18 Å². The summed E-state index contributed by atoms with van der Waals surface area (Å²) in [6, 6.07) is 6.90. The number of amides is 1. The summed E-state index contributed by atoms with van der Waals surface area (Å²) >= 11 is 0. The van der Waals surface area contributed by atoms with Crippen molar-refractivity contribution < 1.29 is 18.7 Å². The standard InChI is InChI=1S/C20H27FN2O3/c1-4-26-20(25)18(14(2)3)22-19(24)16-13-23(12-8-7-11-21)17-10-6-5-9-15(16)17/h5-6,9-10,13-14,18H,4,7-8,11-12H2,1-3H3,(H,22,24)/t18-/m0/s1. The minimum atomic E-state index is -0.698. The van der Waals surface area contributed by atoms with Crippen LogP contribution in [0.2, 0.25) is 0 Å². The van der Waals surface area contributed by atoms with Crippen LogP contribution in [0, 0.1) is 5.92 Å². The topological polar surface area (TPSA) is 60.3 Å². The second kappa shape index (κ2) is 9.36. The quantitative estimate of drug-likeness (QED) is 0.546. The van der Waals surface area contributed by atoms with Crippen LogP contribution >= 0.6 is 0 Å². The van der Waals surface area contributed by atoms with E-state index in [1.807, 2.05) is 42.7 Å². The molecule has 1 aromatic heterocycles. The van der Waals surface area contributed by atoms with Crippen molar-refractivity contribution in [1.29, 1.82) is 0 Å². The molecule has 6 heteroatoms. The fourth-order valence-electron chi connectivity index (χ4n) is 2.94. The fraction of sp³-hybridized carbons (Fsp3) is 0.500. The smallest absolute Gasteiger partial charge is 0.328 e. The van der Waals surface area contributed by atoms with Crippen molar-refractivity contribution >= 4 is 22.8 Å². The third-order valence-electron chi connectivity index (χ3n) is 4.31. The van der Waals surface area contributed by atoms with Gasteiger partial charge in [-0.25, -0.2) is 4.79 Å². The van der Waals surface area contributed by atoms with Gasteiger partial charge in [-0.2, -0.15) is 0 Å². The van der Waals surface area contributed by atoms with E-state index in [4.69, 9.17) is 4.74 Å². The molecule has 1 aromatic carbocycles. The minimum Gasteiger partial charge on any atom is -0.464 e. The lowest BCUT2D eigenvalue weighted by atomic mass is 10.0. The van der Waals surface area contributed by atoms with Crippen LogP contribution in [0.4, 0.5) is 4.39 Å². The highest BCUT2D eigenvalue weighted by Crippen LogP contribution is 2.22. The number of aryl methyl sites for hydroxylation is 1. The highest BCUT2D eigenvalue weighted by Gasteiger charge is 2.27. The highest BCUT2D eigenvalue weighted by atomic mass is 19.1. The zero-order valence-corrected chi connectivity index (χ0v) is 15.6. The molecule has 0 aliphatic carbocycles. The lowest BCUT2D eigenvalue weighted by Gasteiger charge is -2.20. The van der Waals surface area contributed by atoms with Crippen LogP contribution < -0.4 is 5.32 Å². The number of aromatic nitrogens is 1. The molecule has 1 amide bonds. The van der Waals surface area contributed by atoms with Gasteiger partial charge in [-0.15, -0.1) is 0 Å². The second-order valence-electron chi connectivity index (χ2n) is 6.60. The monoisotopic (exact) mass is 362 g/mol. The number of benzene rings is 1. The maximum Gasteiger partial charge on any atom is 0.328 e. The van der Waals surface area contributed by atoms with Gasteiger partial charge in [0.1, 0.15) is 6.04 Å². The number of halogens is 1. The maximum absolute atomic E-state index is 12.8. The summed E-state index contributed by atoms with van der Waals surface area (Å²) in [6.45, 7) is 6.03. The number of hydrogen-bond donors (Lipinski definition) is 1. The Morgan fingerprint density at radius 1 is 1.23 bits per heavy atom.